The summed E-state index contributed by atoms with van der Waals surface area (Å²) in [5.41, 5.74) is 10.7. The minimum absolute atomic E-state index is 0.718. The molecule has 8 rings (SSSR count). The van der Waals surface area contributed by atoms with E-state index < -0.39 is 0 Å². The monoisotopic (exact) mass is 634 g/mol. The predicted molar refractivity (Wildman–Crippen MR) is 185 cm³/mol. The number of pyridine rings is 2. The number of fused-ring (bicyclic) bond motifs is 6. The van der Waals surface area contributed by atoms with Crippen LogP contribution >= 0.6 is 23.2 Å². The van der Waals surface area contributed by atoms with Crippen LogP contribution in [-0.4, -0.2) is 39.1 Å². The fourth-order valence-electron chi connectivity index (χ4n) is 6.64. The first kappa shape index (κ1) is 29.1. The molecule has 0 saturated carbocycles. The highest BCUT2D eigenvalue weighted by Gasteiger charge is 2.19. The van der Waals surface area contributed by atoms with Crippen molar-refractivity contribution in [3.05, 3.63) is 94.8 Å². The van der Waals surface area contributed by atoms with Gasteiger partial charge in [0, 0.05) is 87.6 Å². The van der Waals surface area contributed by atoms with E-state index in [9.17, 15) is 0 Å². The number of benzene rings is 2. The molecule has 0 bridgehead atoms. The van der Waals surface area contributed by atoms with Gasteiger partial charge in [-0.1, -0.05) is 23.2 Å². The maximum Gasteiger partial charge on any atom is 0.0944 e. The molecule has 0 radical (unpaired) electrons. The molecule has 0 amide bonds. The summed E-state index contributed by atoms with van der Waals surface area (Å²) in [7, 11) is 1.93. The second-order valence-corrected chi connectivity index (χ2v) is 12.0. The third kappa shape index (κ3) is 4.76. The van der Waals surface area contributed by atoms with Gasteiger partial charge in [0.05, 0.1) is 44.8 Å². The van der Waals surface area contributed by atoms with Crippen LogP contribution in [0.1, 0.15) is 25.2 Å². The van der Waals surface area contributed by atoms with Gasteiger partial charge in [-0.25, -0.2) is 0 Å². The predicted octanol–water partition coefficient (Wildman–Crippen LogP) is 9.13. The van der Waals surface area contributed by atoms with Gasteiger partial charge in [-0.05, 0) is 76.2 Å². The van der Waals surface area contributed by atoms with Gasteiger partial charge in [-0.2, -0.15) is 10.2 Å². The molecule has 6 heterocycles. The van der Waals surface area contributed by atoms with Crippen molar-refractivity contribution >= 4 is 66.8 Å². The molecule has 10 heteroatoms. The maximum absolute atomic E-state index is 6.41. The number of aryl methyl sites for hydroxylation is 5. The number of hydrogen-bond donors (Lipinski definition) is 1. The van der Waals surface area contributed by atoms with Crippen molar-refractivity contribution in [3.8, 4) is 22.5 Å². The highest BCUT2D eigenvalue weighted by molar-refractivity contribution is 6.33. The van der Waals surface area contributed by atoms with Crippen LogP contribution < -0.4 is 0 Å². The Balaban J connectivity index is 0.000000145. The van der Waals surface area contributed by atoms with Crippen LogP contribution in [-0.2, 0) is 20.1 Å². The average molecular weight is 636 g/mol. The number of aromatic amines is 1. The molecule has 0 atom stereocenters. The van der Waals surface area contributed by atoms with E-state index in [-0.39, 0.29) is 0 Å². The van der Waals surface area contributed by atoms with Crippen LogP contribution in [0.5, 0.6) is 0 Å². The van der Waals surface area contributed by atoms with Crippen LogP contribution in [0.2, 0.25) is 10.0 Å². The summed E-state index contributed by atoms with van der Waals surface area (Å²) in [5, 5.41) is 17.9. The minimum atomic E-state index is 0.718. The summed E-state index contributed by atoms with van der Waals surface area (Å²) in [4.78, 5) is 8.92. The largest absolute Gasteiger partial charge is 0.339 e. The number of rotatable bonds is 4. The first-order chi connectivity index (χ1) is 21.8. The molecular weight excluding hydrogens is 603 g/mol. The van der Waals surface area contributed by atoms with Gasteiger partial charge in [0.1, 0.15) is 0 Å². The van der Waals surface area contributed by atoms with Gasteiger partial charge in [0.2, 0.25) is 0 Å². The van der Waals surface area contributed by atoms with Gasteiger partial charge in [-0.3, -0.25) is 19.7 Å². The Kier molecular flexibility index (Phi) is 7.34. The zero-order valence-electron chi connectivity index (χ0n) is 25.7. The van der Waals surface area contributed by atoms with Gasteiger partial charge in [0.25, 0.3) is 0 Å². The van der Waals surface area contributed by atoms with Crippen molar-refractivity contribution in [2.75, 3.05) is 0 Å². The van der Waals surface area contributed by atoms with E-state index in [1.807, 2.05) is 79.8 Å². The number of hydrogen-bond acceptors (Lipinski definition) is 4. The SMILES string of the molecule is CCn1c2c(-c3cc[nH]n3)cc(Cl)cc2c2ccnc(C)c21.CCn1c2c(-c3ccn(C)n3)cc(Cl)cc2c2ccnc(C)c21. The Labute approximate surface area is 270 Å². The average Bonchev–Trinajstić information content (AvgIpc) is 3.82. The van der Waals surface area contributed by atoms with E-state index in [1.165, 1.54) is 27.3 Å². The van der Waals surface area contributed by atoms with Crippen LogP contribution in [0.15, 0.2) is 73.3 Å². The van der Waals surface area contributed by atoms with E-state index in [0.29, 0.717) is 0 Å². The lowest BCUT2D eigenvalue weighted by Crippen LogP contribution is -1.98. The van der Waals surface area contributed by atoms with Crippen LogP contribution in [0.3, 0.4) is 0 Å². The first-order valence-electron chi connectivity index (χ1n) is 14.9. The van der Waals surface area contributed by atoms with Crippen LogP contribution in [0.4, 0.5) is 0 Å². The van der Waals surface area contributed by atoms with Gasteiger partial charge < -0.3 is 9.13 Å². The fourth-order valence-corrected chi connectivity index (χ4v) is 7.08. The second kappa shape index (κ2) is 11.4. The molecule has 0 aliphatic heterocycles. The molecule has 0 spiro atoms. The molecule has 0 saturated heterocycles. The summed E-state index contributed by atoms with van der Waals surface area (Å²) in [6.07, 6.45) is 7.49. The lowest BCUT2D eigenvalue weighted by Gasteiger charge is -2.08. The molecule has 6 aromatic heterocycles. The van der Waals surface area contributed by atoms with Crippen molar-refractivity contribution in [1.82, 2.24) is 39.1 Å². The summed E-state index contributed by atoms with van der Waals surface area (Å²) in [5.74, 6) is 0. The maximum atomic E-state index is 6.41. The quantitative estimate of drug-likeness (QED) is 0.209. The third-order valence-electron chi connectivity index (χ3n) is 8.42. The van der Waals surface area contributed by atoms with Gasteiger partial charge in [-0.15, -0.1) is 0 Å². The Morgan fingerprint density at radius 2 is 1.20 bits per heavy atom. The molecule has 8 aromatic rings. The molecule has 45 heavy (non-hydrogen) atoms. The lowest BCUT2D eigenvalue weighted by atomic mass is 10.1. The van der Waals surface area contributed by atoms with Crippen molar-refractivity contribution in [2.24, 2.45) is 7.05 Å². The van der Waals surface area contributed by atoms with Gasteiger partial charge in [0.15, 0.2) is 0 Å². The second-order valence-electron chi connectivity index (χ2n) is 11.1. The van der Waals surface area contributed by atoms with Gasteiger partial charge >= 0.3 is 0 Å². The summed E-state index contributed by atoms with van der Waals surface area (Å²) in [6, 6.07) is 16.2. The molecular formula is C35H32Cl2N8. The number of nitrogens with one attached hydrogen (secondary N) is 1. The number of aromatic nitrogens is 8. The number of halogens is 2. The molecule has 1 N–H and O–H groups in total. The van der Waals surface area contributed by atoms with Crippen molar-refractivity contribution in [2.45, 2.75) is 40.8 Å². The molecule has 0 aliphatic rings. The van der Waals surface area contributed by atoms with Crippen LogP contribution in [0.25, 0.3) is 66.1 Å². The van der Waals surface area contributed by atoms with E-state index in [4.69, 9.17) is 23.2 Å². The Bertz CT molecular complexity index is 2360. The summed E-state index contributed by atoms with van der Waals surface area (Å²) in [6.45, 7) is 10.1. The molecule has 0 fully saturated rings. The van der Waals surface area contributed by atoms with Crippen molar-refractivity contribution in [1.29, 1.82) is 0 Å². The minimum Gasteiger partial charge on any atom is -0.339 e. The van der Waals surface area contributed by atoms with Crippen molar-refractivity contribution in [3.63, 3.8) is 0 Å². The highest BCUT2D eigenvalue weighted by atomic mass is 35.5. The Hall–Kier alpha value is -4.66. The zero-order chi connectivity index (χ0) is 31.4. The molecule has 0 aliphatic carbocycles. The number of H-pyrrole nitrogens is 1. The molecule has 0 unspecified atom stereocenters. The van der Waals surface area contributed by atoms with Crippen LogP contribution in [0, 0.1) is 13.8 Å². The molecule has 226 valence electrons. The normalized spacial score (nSPS) is 11.6. The smallest absolute Gasteiger partial charge is 0.0944 e. The van der Waals surface area contributed by atoms with E-state index in [0.717, 1.165) is 73.3 Å². The summed E-state index contributed by atoms with van der Waals surface area (Å²) >= 11 is 12.8. The fraction of sp³-hybridized carbons (Fsp3) is 0.200. The van der Waals surface area contributed by atoms with Crippen molar-refractivity contribution < 1.29 is 0 Å². The van der Waals surface area contributed by atoms with E-state index in [1.54, 1.807) is 0 Å². The Morgan fingerprint density at radius 3 is 1.64 bits per heavy atom. The van der Waals surface area contributed by atoms with E-state index >= 15 is 0 Å². The summed E-state index contributed by atoms with van der Waals surface area (Å²) < 4.78 is 6.43. The zero-order valence-corrected chi connectivity index (χ0v) is 27.2. The molecule has 8 nitrogen and oxygen atoms in total. The van der Waals surface area contributed by atoms with E-state index in [2.05, 4.69) is 67.3 Å². The number of nitrogens with zero attached hydrogens (tertiary/aromatic N) is 7. The first-order valence-corrected chi connectivity index (χ1v) is 15.7. The third-order valence-corrected chi connectivity index (χ3v) is 8.86. The Morgan fingerprint density at radius 1 is 0.667 bits per heavy atom. The lowest BCUT2D eigenvalue weighted by molar-refractivity contribution is 0.770. The highest BCUT2D eigenvalue weighted by Crippen LogP contribution is 2.39. The topological polar surface area (TPSA) is 82.1 Å². The molecule has 2 aromatic carbocycles. The standard InChI is InChI=1S/C18H17ClN4.C17H15ClN4/c1-4-23-17-11(2)20-7-5-13(17)14-9-12(19)10-15(18(14)23)16-6-8-22(3)21-16;1-3-22-16-10(2)19-6-4-12(16)13-8-11(18)9-14(17(13)22)15-5-7-20-21-15/h5-10H,4H2,1-3H3;4-9H,3H2,1-2H3,(H,20,21).